The zero-order chi connectivity index (χ0) is 20.0. The van der Waals surface area contributed by atoms with Gasteiger partial charge < -0.3 is 15.4 Å². The smallest absolute Gasteiger partial charge is 0.305 e. The number of ether oxygens (including phenoxy) is 1. The van der Waals surface area contributed by atoms with Gasteiger partial charge in [0, 0.05) is 38.4 Å². The number of guanidine groups is 1. The lowest BCUT2D eigenvalue weighted by molar-refractivity contribution is -0.140. The third-order valence-electron chi connectivity index (χ3n) is 4.29. The van der Waals surface area contributed by atoms with Gasteiger partial charge in [-0.25, -0.2) is 4.68 Å². The van der Waals surface area contributed by atoms with E-state index in [1.165, 1.54) is 12.7 Å². The van der Waals surface area contributed by atoms with Crippen molar-refractivity contribution in [2.24, 2.45) is 4.99 Å². The lowest BCUT2D eigenvalue weighted by Crippen LogP contribution is -2.38. The maximum Gasteiger partial charge on any atom is 0.305 e. The first-order valence-electron chi connectivity index (χ1n) is 9.91. The van der Waals surface area contributed by atoms with E-state index in [9.17, 15) is 4.79 Å². The summed E-state index contributed by atoms with van der Waals surface area (Å²) >= 11 is 0. The van der Waals surface area contributed by atoms with Crippen LogP contribution in [0.4, 0.5) is 0 Å². The number of methoxy groups -OCH3 is 1. The predicted octanol–water partition coefficient (Wildman–Crippen LogP) is 3.32. The summed E-state index contributed by atoms with van der Waals surface area (Å²) < 4.78 is 6.49. The number of nitrogens with one attached hydrogen (secondary N) is 2. The van der Waals surface area contributed by atoms with Gasteiger partial charge in [0.2, 0.25) is 0 Å². The predicted molar refractivity (Wildman–Crippen MR) is 127 cm³/mol. The Balaban J connectivity index is 0.00000420. The van der Waals surface area contributed by atoms with E-state index in [2.05, 4.69) is 56.7 Å². The Morgan fingerprint density at radius 1 is 1.17 bits per heavy atom. The van der Waals surface area contributed by atoms with Crippen LogP contribution in [-0.2, 0) is 16.0 Å². The number of unbranched alkanes of at least 4 members (excludes halogenated alkanes) is 2. The standard InChI is InChI=1S/C21H31N5O2.HI/c1-3-22-21(23-14-6-4-5-8-20(27)28-2)24-16-13-18-9-11-19(12-10-18)26-17-7-15-25-26;/h7,9-12,15,17H,3-6,8,13-14,16H2,1-2H3,(H2,22,23,24);1H. The number of nitrogens with zero attached hydrogens (tertiary/aromatic N) is 3. The van der Waals surface area contributed by atoms with Gasteiger partial charge in [-0.3, -0.25) is 9.79 Å². The fraction of sp³-hybridized carbons (Fsp3) is 0.476. The van der Waals surface area contributed by atoms with Gasteiger partial charge in [-0.15, -0.1) is 24.0 Å². The molecule has 2 N–H and O–H groups in total. The maximum atomic E-state index is 11.1. The minimum absolute atomic E-state index is 0. The molecule has 0 bridgehead atoms. The lowest BCUT2D eigenvalue weighted by Gasteiger charge is -2.11. The molecule has 2 aromatic rings. The molecule has 0 amide bonds. The lowest BCUT2D eigenvalue weighted by atomic mass is 10.1. The Hall–Kier alpha value is -2.10. The largest absolute Gasteiger partial charge is 0.469 e. The van der Waals surface area contributed by atoms with Crippen molar-refractivity contribution in [2.45, 2.75) is 39.0 Å². The SMILES string of the molecule is CCNC(=NCCCCCC(=O)OC)NCCc1ccc(-n2cccn2)cc1.I. The van der Waals surface area contributed by atoms with Crippen LogP contribution in [0.3, 0.4) is 0 Å². The monoisotopic (exact) mass is 513 g/mol. The summed E-state index contributed by atoms with van der Waals surface area (Å²) in [5.41, 5.74) is 2.32. The van der Waals surface area contributed by atoms with Crippen LogP contribution < -0.4 is 10.6 Å². The molecule has 0 aliphatic carbocycles. The highest BCUT2D eigenvalue weighted by Gasteiger charge is 2.01. The van der Waals surface area contributed by atoms with Crippen LogP contribution in [0.2, 0.25) is 0 Å². The highest BCUT2D eigenvalue weighted by molar-refractivity contribution is 14.0. The highest BCUT2D eigenvalue weighted by atomic mass is 127. The van der Waals surface area contributed by atoms with Crippen LogP contribution in [0.25, 0.3) is 5.69 Å². The number of halogens is 1. The Bertz CT molecular complexity index is 717. The molecule has 1 heterocycles. The molecule has 0 radical (unpaired) electrons. The molecule has 8 heteroatoms. The summed E-state index contributed by atoms with van der Waals surface area (Å²) in [6.07, 6.45) is 7.90. The van der Waals surface area contributed by atoms with Gasteiger partial charge in [-0.1, -0.05) is 18.6 Å². The second kappa shape index (κ2) is 14.8. The van der Waals surface area contributed by atoms with Crippen molar-refractivity contribution in [3.8, 4) is 5.69 Å². The first kappa shape index (κ1) is 24.9. The molecule has 0 fully saturated rings. The third-order valence-corrected chi connectivity index (χ3v) is 4.29. The molecule has 1 aromatic carbocycles. The second-order valence-corrected chi connectivity index (χ2v) is 6.44. The summed E-state index contributed by atoms with van der Waals surface area (Å²) in [5, 5.41) is 10.9. The molecule has 2 rings (SSSR count). The van der Waals surface area contributed by atoms with E-state index in [0.29, 0.717) is 6.42 Å². The molecule has 0 spiro atoms. The topological polar surface area (TPSA) is 80.5 Å². The molecule has 160 valence electrons. The molecular weight excluding hydrogens is 481 g/mol. The average molecular weight is 513 g/mol. The number of aliphatic imine (C=N–C) groups is 1. The van der Waals surface area contributed by atoms with Crippen molar-refractivity contribution in [2.75, 3.05) is 26.7 Å². The number of esters is 1. The van der Waals surface area contributed by atoms with Gasteiger partial charge in [0.05, 0.1) is 12.8 Å². The summed E-state index contributed by atoms with van der Waals surface area (Å²) in [6, 6.07) is 10.3. The number of hydrogen-bond acceptors (Lipinski definition) is 4. The minimum atomic E-state index is -0.142. The molecule has 7 nitrogen and oxygen atoms in total. The van der Waals surface area contributed by atoms with Gasteiger partial charge in [0.1, 0.15) is 0 Å². The van der Waals surface area contributed by atoms with E-state index in [1.807, 2.05) is 16.9 Å². The van der Waals surface area contributed by atoms with E-state index in [-0.39, 0.29) is 29.9 Å². The Morgan fingerprint density at radius 2 is 1.97 bits per heavy atom. The molecule has 0 saturated carbocycles. The van der Waals surface area contributed by atoms with Crippen molar-refractivity contribution in [1.29, 1.82) is 0 Å². The number of aromatic nitrogens is 2. The fourth-order valence-corrected chi connectivity index (χ4v) is 2.75. The Morgan fingerprint density at radius 3 is 2.62 bits per heavy atom. The molecule has 0 aliphatic rings. The second-order valence-electron chi connectivity index (χ2n) is 6.44. The average Bonchev–Trinajstić information content (AvgIpc) is 3.25. The van der Waals surface area contributed by atoms with Crippen molar-refractivity contribution in [3.63, 3.8) is 0 Å². The highest BCUT2D eigenvalue weighted by Crippen LogP contribution is 2.08. The van der Waals surface area contributed by atoms with Gasteiger partial charge in [0.15, 0.2) is 5.96 Å². The summed E-state index contributed by atoms with van der Waals surface area (Å²) in [5.74, 6) is 0.694. The normalized spacial score (nSPS) is 10.9. The number of carbonyl (C=O) groups is 1. The van der Waals surface area contributed by atoms with E-state index in [1.54, 1.807) is 6.20 Å². The van der Waals surface area contributed by atoms with E-state index in [0.717, 1.165) is 57.0 Å². The Kier molecular flexibility index (Phi) is 12.8. The van der Waals surface area contributed by atoms with Crippen molar-refractivity contribution in [1.82, 2.24) is 20.4 Å². The summed E-state index contributed by atoms with van der Waals surface area (Å²) in [7, 11) is 1.43. The van der Waals surface area contributed by atoms with Crippen LogP contribution >= 0.6 is 24.0 Å². The van der Waals surface area contributed by atoms with Gasteiger partial charge in [0.25, 0.3) is 0 Å². The van der Waals surface area contributed by atoms with Crippen molar-refractivity contribution < 1.29 is 9.53 Å². The number of benzene rings is 1. The third kappa shape index (κ3) is 9.78. The van der Waals surface area contributed by atoms with Crippen LogP contribution in [-0.4, -0.2) is 48.5 Å². The number of rotatable bonds is 11. The minimum Gasteiger partial charge on any atom is -0.469 e. The zero-order valence-corrected chi connectivity index (χ0v) is 19.6. The first-order chi connectivity index (χ1) is 13.7. The number of carbonyl (C=O) groups excluding carboxylic acids is 1. The Labute approximate surface area is 190 Å². The van der Waals surface area contributed by atoms with Crippen molar-refractivity contribution >= 4 is 35.9 Å². The molecule has 0 unspecified atom stereocenters. The van der Waals surface area contributed by atoms with Gasteiger partial charge in [-0.2, -0.15) is 5.10 Å². The molecule has 0 aliphatic heterocycles. The van der Waals surface area contributed by atoms with Crippen molar-refractivity contribution in [3.05, 3.63) is 48.3 Å². The van der Waals surface area contributed by atoms with E-state index in [4.69, 9.17) is 0 Å². The fourth-order valence-electron chi connectivity index (χ4n) is 2.75. The molecule has 0 saturated heterocycles. The summed E-state index contributed by atoms with van der Waals surface area (Å²) in [6.45, 7) is 4.44. The molecular formula is C21H32IN5O2. The van der Waals surface area contributed by atoms with E-state index < -0.39 is 0 Å². The molecule has 29 heavy (non-hydrogen) atoms. The zero-order valence-electron chi connectivity index (χ0n) is 17.3. The van der Waals surface area contributed by atoms with Crippen LogP contribution in [0, 0.1) is 0 Å². The maximum absolute atomic E-state index is 11.1. The first-order valence-corrected chi connectivity index (χ1v) is 9.91. The summed E-state index contributed by atoms with van der Waals surface area (Å²) in [4.78, 5) is 15.7. The molecule has 1 aromatic heterocycles. The van der Waals surface area contributed by atoms with Gasteiger partial charge >= 0.3 is 5.97 Å². The number of hydrogen-bond donors (Lipinski definition) is 2. The van der Waals surface area contributed by atoms with Crippen LogP contribution in [0.5, 0.6) is 0 Å². The van der Waals surface area contributed by atoms with Crippen LogP contribution in [0.1, 0.15) is 38.2 Å². The van der Waals surface area contributed by atoms with Gasteiger partial charge in [-0.05, 0) is 49.9 Å². The van der Waals surface area contributed by atoms with Crippen LogP contribution in [0.15, 0.2) is 47.7 Å². The van der Waals surface area contributed by atoms with E-state index >= 15 is 0 Å². The molecule has 0 atom stereocenters. The quantitative estimate of drug-likeness (QED) is 0.159.